The fourth-order valence-corrected chi connectivity index (χ4v) is 2.07. The van der Waals surface area contributed by atoms with Crippen LogP contribution in [0.5, 0.6) is 5.75 Å². The quantitative estimate of drug-likeness (QED) is 0.825. The van der Waals surface area contributed by atoms with Crippen LogP contribution in [0.2, 0.25) is 0 Å². The molecule has 4 nitrogen and oxygen atoms in total. The van der Waals surface area contributed by atoms with Crippen LogP contribution in [0.15, 0.2) is 36.7 Å². The minimum absolute atomic E-state index is 0.161. The van der Waals surface area contributed by atoms with Crippen LogP contribution in [-0.4, -0.2) is 15.7 Å². The number of nitrogens with zero attached hydrogens (tertiary/aromatic N) is 2. The summed E-state index contributed by atoms with van der Waals surface area (Å²) >= 11 is 0. The topological polar surface area (TPSA) is 53.1 Å². The van der Waals surface area contributed by atoms with Crippen LogP contribution in [0.4, 0.5) is 5.95 Å². The van der Waals surface area contributed by atoms with Crippen molar-refractivity contribution in [3.05, 3.63) is 42.2 Å². The van der Waals surface area contributed by atoms with Crippen LogP contribution in [-0.2, 0) is 13.0 Å². The number of anilines is 1. The molecule has 1 aliphatic heterocycles. The second kappa shape index (κ2) is 3.56. The number of hydrogen-bond acceptors (Lipinski definition) is 3. The molecule has 16 heavy (non-hydrogen) atoms. The van der Waals surface area contributed by atoms with Crippen molar-refractivity contribution in [3.8, 4) is 5.75 Å². The molecule has 3 rings (SSSR count). The minimum atomic E-state index is 0.161. The van der Waals surface area contributed by atoms with E-state index in [1.807, 2.05) is 29.0 Å². The van der Waals surface area contributed by atoms with Crippen molar-refractivity contribution < 1.29 is 4.74 Å². The van der Waals surface area contributed by atoms with Gasteiger partial charge >= 0.3 is 0 Å². The molecule has 1 aliphatic rings. The highest BCUT2D eigenvalue weighted by Gasteiger charge is 2.22. The van der Waals surface area contributed by atoms with Crippen molar-refractivity contribution in [2.75, 3.05) is 5.73 Å². The average Bonchev–Trinajstić information content (AvgIpc) is 2.85. The van der Waals surface area contributed by atoms with Gasteiger partial charge in [0.25, 0.3) is 0 Å². The van der Waals surface area contributed by atoms with Crippen LogP contribution in [0.1, 0.15) is 5.56 Å². The molecule has 0 aliphatic carbocycles. The van der Waals surface area contributed by atoms with Crippen LogP contribution < -0.4 is 10.5 Å². The van der Waals surface area contributed by atoms with Crippen molar-refractivity contribution in [2.24, 2.45) is 0 Å². The Labute approximate surface area is 93.7 Å². The van der Waals surface area contributed by atoms with Crippen LogP contribution in [0, 0.1) is 0 Å². The molecule has 0 amide bonds. The molecule has 2 N–H and O–H groups in total. The first kappa shape index (κ1) is 9.27. The summed E-state index contributed by atoms with van der Waals surface area (Å²) in [5.41, 5.74) is 6.99. The number of nitrogens with two attached hydrogens (primary N) is 1. The zero-order valence-corrected chi connectivity index (χ0v) is 8.84. The minimum Gasteiger partial charge on any atom is -0.488 e. The Morgan fingerprint density at radius 3 is 3.06 bits per heavy atom. The van der Waals surface area contributed by atoms with E-state index in [9.17, 15) is 0 Å². The van der Waals surface area contributed by atoms with Gasteiger partial charge in [0.2, 0.25) is 0 Å². The summed E-state index contributed by atoms with van der Waals surface area (Å²) in [5.74, 6) is 1.53. The number of benzene rings is 1. The lowest BCUT2D eigenvalue weighted by atomic mass is 10.1. The Morgan fingerprint density at radius 2 is 2.31 bits per heavy atom. The monoisotopic (exact) mass is 215 g/mol. The first-order valence-electron chi connectivity index (χ1n) is 5.34. The number of hydrogen-bond donors (Lipinski definition) is 1. The fourth-order valence-electron chi connectivity index (χ4n) is 2.07. The number of para-hydroxylation sites is 1. The van der Waals surface area contributed by atoms with E-state index in [2.05, 4.69) is 11.1 Å². The summed E-state index contributed by atoms with van der Waals surface area (Å²) in [4.78, 5) is 3.99. The number of rotatable bonds is 2. The van der Waals surface area contributed by atoms with Gasteiger partial charge in [0.1, 0.15) is 11.9 Å². The normalized spacial score (nSPS) is 18.1. The summed E-state index contributed by atoms with van der Waals surface area (Å²) in [6, 6.07) is 8.14. The maximum absolute atomic E-state index is 5.83. The summed E-state index contributed by atoms with van der Waals surface area (Å²) < 4.78 is 7.74. The molecular weight excluding hydrogens is 202 g/mol. The molecule has 1 aromatic heterocycles. The smallest absolute Gasteiger partial charge is 0.200 e. The second-order valence-electron chi connectivity index (χ2n) is 3.99. The summed E-state index contributed by atoms with van der Waals surface area (Å²) in [6.45, 7) is 0.751. The Morgan fingerprint density at radius 1 is 1.44 bits per heavy atom. The maximum Gasteiger partial charge on any atom is 0.200 e. The van der Waals surface area contributed by atoms with Crippen molar-refractivity contribution in [2.45, 2.75) is 19.1 Å². The van der Waals surface area contributed by atoms with E-state index in [0.717, 1.165) is 18.7 Å². The molecule has 0 radical (unpaired) electrons. The third-order valence-electron chi connectivity index (χ3n) is 2.86. The van der Waals surface area contributed by atoms with Gasteiger partial charge in [-0.1, -0.05) is 18.2 Å². The first-order valence-corrected chi connectivity index (χ1v) is 5.34. The van der Waals surface area contributed by atoms with Gasteiger partial charge in [-0.2, -0.15) is 0 Å². The molecule has 0 saturated carbocycles. The number of ether oxygens (including phenoxy) is 1. The van der Waals surface area contributed by atoms with Crippen molar-refractivity contribution in [3.63, 3.8) is 0 Å². The largest absolute Gasteiger partial charge is 0.488 e. The van der Waals surface area contributed by atoms with E-state index in [-0.39, 0.29) is 6.10 Å². The lowest BCUT2D eigenvalue weighted by molar-refractivity contribution is 0.210. The van der Waals surface area contributed by atoms with Crippen molar-refractivity contribution in [1.29, 1.82) is 0 Å². The zero-order valence-electron chi connectivity index (χ0n) is 8.84. The average molecular weight is 215 g/mol. The van der Waals surface area contributed by atoms with E-state index in [4.69, 9.17) is 10.5 Å². The molecule has 82 valence electrons. The summed E-state index contributed by atoms with van der Waals surface area (Å²) in [6.07, 6.45) is 4.68. The van der Waals surface area contributed by atoms with Gasteiger partial charge < -0.3 is 15.0 Å². The predicted molar refractivity (Wildman–Crippen MR) is 61.2 cm³/mol. The third-order valence-corrected chi connectivity index (χ3v) is 2.86. The second-order valence-corrected chi connectivity index (χ2v) is 3.99. The molecule has 0 bridgehead atoms. The molecule has 1 atom stereocenters. The van der Waals surface area contributed by atoms with Gasteiger partial charge in [0, 0.05) is 18.8 Å². The van der Waals surface area contributed by atoms with Crippen LogP contribution >= 0.6 is 0 Å². The maximum atomic E-state index is 5.83. The Bertz CT molecular complexity index is 481. The molecule has 2 aromatic rings. The van der Waals surface area contributed by atoms with Gasteiger partial charge in [-0.3, -0.25) is 0 Å². The molecule has 0 spiro atoms. The van der Waals surface area contributed by atoms with Gasteiger partial charge in [0.15, 0.2) is 5.95 Å². The van der Waals surface area contributed by atoms with E-state index < -0.39 is 0 Å². The highest BCUT2D eigenvalue weighted by molar-refractivity contribution is 5.37. The molecule has 1 unspecified atom stereocenters. The van der Waals surface area contributed by atoms with Crippen LogP contribution in [0.3, 0.4) is 0 Å². The molecular formula is C12H13N3O. The van der Waals surface area contributed by atoms with Gasteiger partial charge in [-0.05, 0) is 11.6 Å². The molecule has 0 saturated heterocycles. The van der Waals surface area contributed by atoms with Crippen LogP contribution in [0.25, 0.3) is 0 Å². The summed E-state index contributed by atoms with van der Waals surface area (Å²) in [7, 11) is 0. The van der Waals surface area contributed by atoms with Gasteiger partial charge in [0.05, 0.1) is 6.54 Å². The number of fused-ring (bicyclic) bond motifs is 1. The SMILES string of the molecule is Nc1nccn1CC1Cc2ccccc2O1. The lowest BCUT2D eigenvalue weighted by Gasteiger charge is -2.12. The van der Waals surface area contributed by atoms with E-state index in [0.29, 0.717) is 5.95 Å². The Balaban J connectivity index is 1.75. The highest BCUT2D eigenvalue weighted by Crippen LogP contribution is 2.28. The molecule has 1 aromatic carbocycles. The lowest BCUT2D eigenvalue weighted by Crippen LogP contribution is -2.21. The van der Waals surface area contributed by atoms with Crippen molar-refractivity contribution in [1.82, 2.24) is 9.55 Å². The van der Waals surface area contributed by atoms with Gasteiger partial charge in [-0.25, -0.2) is 4.98 Å². The fraction of sp³-hybridized carbons (Fsp3) is 0.250. The molecule has 4 heteroatoms. The predicted octanol–water partition coefficient (Wildman–Crippen LogP) is 1.47. The van der Waals surface area contributed by atoms with Gasteiger partial charge in [-0.15, -0.1) is 0 Å². The standard InChI is InChI=1S/C12H13N3O/c13-12-14-5-6-15(12)8-10-7-9-3-1-2-4-11(9)16-10/h1-6,10H,7-8H2,(H2,13,14). The van der Waals surface area contributed by atoms with E-state index in [1.54, 1.807) is 6.20 Å². The Kier molecular flexibility index (Phi) is 2.06. The Hall–Kier alpha value is -1.97. The van der Waals surface area contributed by atoms with E-state index in [1.165, 1.54) is 5.56 Å². The summed E-state index contributed by atoms with van der Waals surface area (Å²) in [5, 5.41) is 0. The van der Waals surface area contributed by atoms with E-state index >= 15 is 0 Å². The molecule has 2 heterocycles. The highest BCUT2D eigenvalue weighted by atomic mass is 16.5. The number of nitrogen functional groups attached to an aromatic ring is 1. The zero-order chi connectivity index (χ0) is 11.0. The number of imidazole rings is 1. The number of aromatic nitrogens is 2. The third kappa shape index (κ3) is 1.52. The van der Waals surface area contributed by atoms with Crippen molar-refractivity contribution >= 4 is 5.95 Å². The molecule has 0 fully saturated rings. The first-order chi connectivity index (χ1) is 7.83.